The van der Waals surface area contributed by atoms with E-state index in [9.17, 15) is 0 Å². The van der Waals surface area contributed by atoms with Crippen molar-refractivity contribution in [3.8, 4) is 0 Å². The van der Waals surface area contributed by atoms with Gasteiger partial charge in [-0.2, -0.15) is 0 Å². The molecule has 0 aromatic heterocycles. The van der Waals surface area contributed by atoms with Crippen molar-refractivity contribution in [1.29, 1.82) is 0 Å². The molecule has 4 atom stereocenters. The lowest BCUT2D eigenvalue weighted by atomic mass is 9.65. The first-order chi connectivity index (χ1) is 8.77. The highest BCUT2D eigenvalue weighted by Crippen LogP contribution is 2.48. The summed E-state index contributed by atoms with van der Waals surface area (Å²) in [6, 6.07) is 0.946. The average Bonchev–Trinajstić information content (AvgIpc) is 2.40. The Bertz CT molecular complexity index is 329. The zero-order valence-corrected chi connectivity index (χ0v) is 11.9. The fourth-order valence-electron chi connectivity index (χ4n) is 5.55. The van der Waals surface area contributed by atoms with Crippen LogP contribution in [0.3, 0.4) is 0 Å². The molecule has 4 saturated heterocycles. The summed E-state index contributed by atoms with van der Waals surface area (Å²) in [5.41, 5.74) is 0.553. The van der Waals surface area contributed by atoms with E-state index in [4.69, 9.17) is 0 Å². The maximum atomic E-state index is 2.89. The molecule has 4 aliphatic rings. The molecule has 18 heavy (non-hydrogen) atoms. The van der Waals surface area contributed by atoms with Gasteiger partial charge in [-0.1, -0.05) is 12.8 Å². The van der Waals surface area contributed by atoms with Gasteiger partial charge in [0, 0.05) is 24.7 Å². The van der Waals surface area contributed by atoms with Crippen LogP contribution in [0, 0.1) is 11.8 Å². The molecule has 4 heterocycles. The third-order valence-electron chi connectivity index (χ3n) is 6.67. The second-order valence-corrected chi connectivity index (χ2v) is 7.51. The van der Waals surface area contributed by atoms with Crippen molar-refractivity contribution in [2.45, 2.75) is 63.5 Å². The Morgan fingerprint density at radius 2 is 1.89 bits per heavy atom. The van der Waals surface area contributed by atoms with Crippen LogP contribution in [0.4, 0.5) is 0 Å². The van der Waals surface area contributed by atoms with Gasteiger partial charge in [0.1, 0.15) is 0 Å². The number of hydrogen-bond acceptors (Lipinski definition) is 2. The topological polar surface area (TPSA) is 6.48 Å². The van der Waals surface area contributed by atoms with Gasteiger partial charge in [0.25, 0.3) is 0 Å². The predicted octanol–water partition coefficient (Wildman–Crippen LogP) is 2.74. The Morgan fingerprint density at radius 3 is 2.83 bits per heavy atom. The molecule has 0 saturated carbocycles. The molecule has 0 radical (unpaired) electrons. The van der Waals surface area contributed by atoms with Crippen LogP contribution in [0.5, 0.6) is 0 Å². The van der Waals surface area contributed by atoms with Crippen LogP contribution in [0.1, 0.15) is 51.9 Å². The summed E-state index contributed by atoms with van der Waals surface area (Å²) in [6.45, 7) is 8.18. The number of fused-ring (bicyclic) bond motifs is 6. The molecular formula is C16H28N2. The normalized spacial score (nSPS) is 49.5. The second-order valence-electron chi connectivity index (χ2n) is 7.51. The molecule has 2 heteroatoms. The van der Waals surface area contributed by atoms with Crippen LogP contribution in [0.25, 0.3) is 0 Å². The molecule has 2 nitrogen and oxygen atoms in total. The minimum Gasteiger partial charge on any atom is -0.300 e. The van der Waals surface area contributed by atoms with Crippen molar-refractivity contribution in [2.24, 2.45) is 11.8 Å². The lowest BCUT2D eigenvalue weighted by Crippen LogP contribution is -2.68. The number of piperidine rings is 4. The quantitative estimate of drug-likeness (QED) is 0.650. The monoisotopic (exact) mass is 248 g/mol. The maximum Gasteiger partial charge on any atom is 0.0222 e. The molecule has 0 amide bonds. The second kappa shape index (κ2) is 4.21. The van der Waals surface area contributed by atoms with Gasteiger partial charge >= 0.3 is 0 Å². The van der Waals surface area contributed by atoms with Gasteiger partial charge in [-0.25, -0.2) is 0 Å². The predicted molar refractivity (Wildman–Crippen MR) is 74.6 cm³/mol. The third-order valence-corrected chi connectivity index (χ3v) is 6.67. The van der Waals surface area contributed by atoms with Crippen LogP contribution in [-0.2, 0) is 0 Å². The number of rotatable bonds is 0. The van der Waals surface area contributed by atoms with Gasteiger partial charge in [-0.05, 0) is 64.0 Å². The first kappa shape index (κ1) is 11.7. The molecule has 0 spiro atoms. The largest absolute Gasteiger partial charge is 0.300 e. The molecule has 102 valence electrons. The lowest BCUT2D eigenvalue weighted by molar-refractivity contribution is -0.116. The van der Waals surface area contributed by atoms with Crippen molar-refractivity contribution >= 4 is 0 Å². The summed E-state index contributed by atoms with van der Waals surface area (Å²) < 4.78 is 0. The fourth-order valence-corrected chi connectivity index (χ4v) is 5.55. The summed E-state index contributed by atoms with van der Waals surface area (Å²) in [4.78, 5) is 5.76. The van der Waals surface area contributed by atoms with Crippen molar-refractivity contribution in [3.63, 3.8) is 0 Å². The van der Waals surface area contributed by atoms with E-state index in [0.717, 1.165) is 17.9 Å². The Kier molecular flexibility index (Phi) is 2.74. The summed E-state index contributed by atoms with van der Waals surface area (Å²) >= 11 is 0. The van der Waals surface area contributed by atoms with Crippen LogP contribution < -0.4 is 0 Å². The number of nitrogens with zero attached hydrogens (tertiary/aromatic N) is 2. The molecule has 1 unspecified atom stereocenters. The maximum absolute atomic E-state index is 2.89. The Morgan fingerprint density at radius 1 is 1.00 bits per heavy atom. The number of hydrogen-bond donors (Lipinski definition) is 0. The van der Waals surface area contributed by atoms with Crippen LogP contribution >= 0.6 is 0 Å². The third kappa shape index (κ3) is 1.61. The van der Waals surface area contributed by atoms with Gasteiger partial charge in [0.05, 0.1) is 0 Å². The fraction of sp³-hybridized carbons (Fsp3) is 1.00. The van der Waals surface area contributed by atoms with E-state index in [1.54, 1.807) is 0 Å². The summed E-state index contributed by atoms with van der Waals surface area (Å²) in [5.74, 6) is 1.96. The van der Waals surface area contributed by atoms with Gasteiger partial charge in [0.15, 0.2) is 0 Å². The van der Waals surface area contributed by atoms with E-state index in [0.29, 0.717) is 5.54 Å². The smallest absolute Gasteiger partial charge is 0.0222 e. The molecule has 4 fully saturated rings. The first-order valence-electron chi connectivity index (χ1n) is 8.26. The van der Waals surface area contributed by atoms with E-state index in [-0.39, 0.29) is 0 Å². The SMILES string of the molecule is C[C@]12CCCCN1C[C@H]1CC2CN2CCCC[C@@H]12. The molecular weight excluding hydrogens is 220 g/mol. The van der Waals surface area contributed by atoms with Crippen LogP contribution in [0.2, 0.25) is 0 Å². The minimum atomic E-state index is 0.553. The molecule has 2 bridgehead atoms. The van der Waals surface area contributed by atoms with E-state index in [1.165, 1.54) is 71.1 Å². The molecule has 0 aromatic rings. The van der Waals surface area contributed by atoms with Crippen LogP contribution in [-0.4, -0.2) is 47.6 Å². The highest BCUT2D eigenvalue weighted by atomic mass is 15.3. The highest BCUT2D eigenvalue weighted by molar-refractivity contribution is 5.06. The summed E-state index contributed by atoms with van der Waals surface area (Å²) in [7, 11) is 0. The van der Waals surface area contributed by atoms with Gasteiger partial charge in [-0.15, -0.1) is 0 Å². The van der Waals surface area contributed by atoms with Crippen molar-refractivity contribution in [3.05, 3.63) is 0 Å². The minimum absolute atomic E-state index is 0.553. The summed E-state index contributed by atoms with van der Waals surface area (Å²) in [6.07, 6.45) is 10.3. The van der Waals surface area contributed by atoms with Crippen molar-refractivity contribution in [1.82, 2.24) is 9.80 Å². The average molecular weight is 248 g/mol. The molecule has 4 rings (SSSR count). The standard InChI is InChI=1S/C16H28N2/c1-16-7-3-5-9-18(16)11-13-10-14(16)12-17-8-4-2-6-15(13)17/h13-15H,2-12H2,1H3/t13-,14?,15+,16-/m1/s1. The van der Waals surface area contributed by atoms with Crippen molar-refractivity contribution < 1.29 is 0 Å². The van der Waals surface area contributed by atoms with Gasteiger partial charge < -0.3 is 0 Å². The summed E-state index contributed by atoms with van der Waals surface area (Å²) in [5, 5.41) is 0. The van der Waals surface area contributed by atoms with E-state index < -0.39 is 0 Å². The molecule has 4 aliphatic heterocycles. The van der Waals surface area contributed by atoms with Gasteiger partial charge in [0.2, 0.25) is 0 Å². The van der Waals surface area contributed by atoms with Crippen LogP contribution in [0.15, 0.2) is 0 Å². The lowest BCUT2D eigenvalue weighted by Gasteiger charge is -2.62. The zero-order chi connectivity index (χ0) is 12.2. The highest BCUT2D eigenvalue weighted by Gasteiger charge is 2.52. The molecule has 0 aromatic carbocycles. The van der Waals surface area contributed by atoms with Gasteiger partial charge in [-0.3, -0.25) is 9.80 Å². The molecule has 0 N–H and O–H groups in total. The Labute approximate surface area is 112 Å². The Hall–Kier alpha value is -0.0800. The first-order valence-corrected chi connectivity index (χ1v) is 8.26. The van der Waals surface area contributed by atoms with E-state index in [1.807, 2.05) is 0 Å². The van der Waals surface area contributed by atoms with E-state index >= 15 is 0 Å². The van der Waals surface area contributed by atoms with E-state index in [2.05, 4.69) is 16.7 Å². The molecule has 0 aliphatic carbocycles. The van der Waals surface area contributed by atoms with Crippen molar-refractivity contribution in [2.75, 3.05) is 26.2 Å². The Balaban J connectivity index is 1.61. The zero-order valence-electron chi connectivity index (χ0n) is 11.9.